The van der Waals surface area contributed by atoms with E-state index in [0.717, 1.165) is 0 Å². The van der Waals surface area contributed by atoms with Crippen LogP contribution in [0.3, 0.4) is 0 Å². The van der Waals surface area contributed by atoms with Crippen molar-refractivity contribution in [2.24, 2.45) is 5.73 Å². The first kappa shape index (κ1) is 13.9. The molecule has 8 heteroatoms. The van der Waals surface area contributed by atoms with Crippen LogP contribution in [0, 0.1) is 0 Å². The predicted octanol–water partition coefficient (Wildman–Crippen LogP) is 1.47. The molecule has 3 heterocycles. The zero-order valence-electron chi connectivity index (χ0n) is 12.3. The van der Waals surface area contributed by atoms with Crippen LogP contribution in [0.2, 0.25) is 0 Å². The normalized spacial score (nSPS) is 11.0. The Morgan fingerprint density at radius 2 is 1.92 bits per heavy atom. The molecule has 1 amide bonds. The number of hydrogen-bond acceptors (Lipinski definition) is 5. The lowest BCUT2D eigenvalue weighted by Gasteiger charge is -2.04. The van der Waals surface area contributed by atoms with Gasteiger partial charge in [-0.1, -0.05) is 18.2 Å². The average Bonchev–Trinajstić information content (AvgIpc) is 3.21. The molecule has 0 spiro atoms. The van der Waals surface area contributed by atoms with Crippen LogP contribution < -0.4 is 11.4 Å². The molecule has 0 fully saturated rings. The number of primary amides is 1. The number of aromatic nitrogens is 4. The Kier molecular flexibility index (Phi) is 3.02. The number of imidazole rings is 1. The number of amides is 1. The van der Waals surface area contributed by atoms with Gasteiger partial charge in [0.1, 0.15) is 5.52 Å². The van der Waals surface area contributed by atoms with Crippen molar-refractivity contribution in [1.82, 2.24) is 19.5 Å². The topological polar surface area (TPSA) is 120 Å². The summed E-state index contributed by atoms with van der Waals surface area (Å²) in [5.41, 5.74) is 5.94. The number of nitrogens with two attached hydrogens (primary N) is 1. The van der Waals surface area contributed by atoms with Crippen molar-refractivity contribution in [3.05, 3.63) is 64.9 Å². The van der Waals surface area contributed by atoms with Crippen LogP contribution in [-0.4, -0.2) is 25.4 Å². The monoisotopic (exact) mass is 321 g/mol. The van der Waals surface area contributed by atoms with Gasteiger partial charge < -0.3 is 15.1 Å². The molecule has 0 aliphatic carbocycles. The second-order valence-electron chi connectivity index (χ2n) is 5.04. The lowest BCUT2D eigenvalue weighted by atomic mass is 10.3. The van der Waals surface area contributed by atoms with Crippen LogP contribution in [0.1, 0.15) is 10.5 Å². The van der Waals surface area contributed by atoms with Crippen LogP contribution in [0.4, 0.5) is 0 Å². The highest BCUT2D eigenvalue weighted by molar-refractivity contribution is 6.02. The Labute approximate surface area is 134 Å². The quantitative estimate of drug-likeness (QED) is 0.592. The van der Waals surface area contributed by atoms with E-state index in [1.807, 2.05) is 6.07 Å². The summed E-state index contributed by atoms with van der Waals surface area (Å²) in [5.74, 6) is -0.227. The van der Waals surface area contributed by atoms with Gasteiger partial charge in [0.25, 0.3) is 5.91 Å². The summed E-state index contributed by atoms with van der Waals surface area (Å²) in [5, 5.41) is 0. The van der Waals surface area contributed by atoms with Crippen LogP contribution >= 0.6 is 0 Å². The number of furan rings is 1. The molecule has 0 aliphatic rings. The largest absolute Gasteiger partial charge is 0.461 e. The smallest absolute Gasteiger partial charge is 0.332 e. The molecular weight excluding hydrogens is 310 g/mol. The molecule has 3 N–H and O–H groups in total. The van der Waals surface area contributed by atoms with E-state index in [9.17, 15) is 9.59 Å². The number of nitrogens with one attached hydrogen (secondary N) is 1. The number of fused-ring (bicyclic) bond motifs is 1. The van der Waals surface area contributed by atoms with Gasteiger partial charge in [-0.3, -0.25) is 4.79 Å². The molecular formula is C16H11N5O3. The fourth-order valence-corrected chi connectivity index (χ4v) is 2.50. The van der Waals surface area contributed by atoms with Crippen molar-refractivity contribution in [3.63, 3.8) is 0 Å². The van der Waals surface area contributed by atoms with Crippen molar-refractivity contribution >= 4 is 17.1 Å². The van der Waals surface area contributed by atoms with Crippen LogP contribution in [0.5, 0.6) is 0 Å². The Balaban J connectivity index is 2.10. The maximum absolute atomic E-state index is 12.4. The zero-order chi connectivity index (χ0) is 16.7. The van der Waals surface area contributed by atoms with Crippen molar-refractivity contribution in [2.75, 3.05) is 0 Å². The minimum absolute atomic E-state index is 0.0711. The van der Waals surface area contributed by atoms with Gasteiger partial charge in [-0.25, -0.2) is 19.3 Å². The van der Waals surface area contributed by atoms with Crippen molar-refractivity contribution in [3.8, 4) is 17.3 Å². The number of H-pyrrole nitrogens is 1. The summed E-state index contributed by atoms with van der Waals surface area (Å²) in [6, 6.07) is 12.3. The number of aromatic amines is 1. The molecule has 0 saturated heterocycles. The number of hydrogen-bond donors (Lipinski definition) is 2. The summed E-state index contributed by atoms with van der Waals surface area (Å²) in [6.07, 6.45) is 1.47. The van der Waals surface area contributed by atoms with E-state index in [-0.39, 0.29) is 22.7 Å². The summed E-state index contributed by atoms with van der Waals surface area (Å²) in [4.78, 5) is 35.2. The second kappa shape index (κ2) is 5.20. The van der Waals surface area contributed by atoms with E-state index >= 15 is 0 Å². The molecule has 3 aromatic heterocycles. The van der Waals surface area contributed by atoms with Gasteiger partial charge in [-0.2, -0.15) is 0 Å². The van der Waals surface area contributed by atoms with Gasteiger partial charge >= 0.3 is 5.69 Å². The first-order valence-corrected chi connectivity index (χ1v) is 7.07. The van der Waals surface area contributed by atoms with Gasteiger partial charge in [-0.05, 0) is 24.3 Å². The Morgan fingerprint density at radius 1 is 1.12 bits per heavy atom. The minimum Gasteiger partial charge on any atom is -0.461 e. The Hall–Kier alpha value is -3.68. The number of rotatable bonds is 3. The SMILES string of the molecule is NC(=O)c1nc(-c2ccco2)nc2c1[nH]c(=O)n2-c1ccccc1. The van der Waals surface area contributed by atoms with E-state index < -0.39 is 11.6 Å². The van der Waals surface area contributed by atoms with Crippen LogP contribution in [-0.2, 0) is 0 Å². The highest BCUT2D eigenvalue weighted by Crippen LogP contribution is 2.21. The average molecular weight is 321 g/mol. The van der Waals surface area contributed by atoms with Crippen LogP contribution in [0.25, 0.3) is 28.4 Å². The molecule has 8 nitrogen and oxygen atoms in total. The predicted molar refractivity (Wildman–Crippen MR) is 85.7 cm³/mol. The van der Waals surface area contributed by atoms with Crippen LogP contribution in [0.15, 0.2) is 57.9 Å². The van der Waals surface area contributed by atoms with Gasteiger partial charge in [0.05, 0.1) is 12.0 Å². The molecule has 0 saturated carbocycles. The molecule has 0 unspecified atom stereocenters. The molecule has 24 heavy (non-hydrogen) atoms. The summed E-state index contributed by atoms with van der Waals surface area (Å²) >= 11 is 0. The summed E-state index contributed by atoms with van der Waals surface area (Å²) in [6.45, 7) is 0. The fraction of sp³-hybridized carbons (Fsp3) is 0. The number of carbonyl (C=O) groups is 1. The zero-order valence-corrected chi connectivity index (χ0v) is 12.3. The molecule has 0 radical (unpaired) electrons. The summed E-state index contributed by atoms with van der Waals surface area (Å²) < 4.78 is 6.64. The van der Waals surface area contributed by atoms with Gasteiger partial charge in [0.2, 0.25) is 0 Å². The maximum atomic E-state index is 12.4. The van der Waals surface area contributed by atoms with E-state index in [1.165, 1.54) is 10.8 Å². The van der Waals surface area contributed by atoms with Gasteiger partial charge in [-0.15, -0.1) is 0 Å². The van der Waals surface area contributed by atoms with E-state index in [0.29, 0.717) is 11.4 Å². The van der Waals surface area contributed by atoms with Crippen molar-refractivity contribution in [1.29, 1.82) is 0 Å². The molecule has 118 valence electrons. The number of carbonyl (C=O) groups excluding carboxylic acids is 1. The molecule has 1 aromatic carbocycles. The minimum atomic E-state index is -0.767. The molecule has 4 rings (SSSR count). The molecule has 0 atom stereocenters. The Bertz CT molecular complexity index is 1090. The van der Waals surface area contributed by atoms with Gasteiger partial charge in [0.15, 0.2) is 22.9 Å². The third-order valence-corrected chi connectivity index (χ3v) is 3.53. The number of nitrogens with zero attached hydrogens (tertiary/aromatic N) is 3. The first-order valence-electron chi connectivity index (χ1n) is 7.07. The van der Waals surface area contributed by atoms with Gasteiger partial charge in [0, 0.05) is 0 Å². The lowest BCUT2D eigenvalue weighted by Crippen LogP contribution is -2.15. The van der Waals surface area contributed by atoms with E-state index in [2.05, 4.69) is 15.0 Å². The standard InChI is InChI=1S/C16H11N5O3/c17-13(22)11-12-15(20-14(18-11)10-7-4-8-24-10)21(16(23)19-12)9-5-2-1-3-6-9/h1-8H,(H2,17,22)(H,19,23). The second-order valence-corrected chi connectivity index (χ2v) is 5.04. The molecule has 0 aliphatic heterocycles. The maximum Gasteiger partial charge on any atom is 0.332 e. The van der Waals surface area contributed by atoms with Crippen molar-refractivity contribution in [2.45, 2.75) is 0 Å². The van der Waals surface area contributed by atoms with E-state index in [4.69, 9.17) is 10.2 Å². The third-order valence-electron chi connectivity index (χ3n) is 3.53. The number of para-hydroxylation sites is 1. The number of benzene rings is 1. The van der Waals surface area contributed by atoms with E-state index in [1.54, 1.807) is 36.4 Å². The first-order chi connectivity index (χ1) is 11.6. The highest BCUT2D eigenvalue weighted by Gasteiger charge is 2.20. The lowest BCUT2D eigenvalue weighted by molar-refractivity contribution is 0.0997. The van der Waals surface area contributed by atoms with Crippen molar-refractivity contribution < 1.29 is 9.21 Å². The highest BCUT2D eigenvalue weighted by atomic mass is 16.3. The molecule has 4 aromatic rings. The third kappa shape index (κ3) is 2.09. The fourth-order valence-electron chi connectivity index (χ4n) is 2.50. The molecule has 0 bridgehead atoms. The Morgan fingerprint density at radius 3 is 2.58 bits per heavy atom. The summed E-state index contributed by atoms with van der Waals surface area (Å²) in [7, 11) is 0.